The average molecular weight is 545 g/mol. The van der Waals surface area contributed by atoms with E-state index >= 15 is 0 Å². The number of hydrogen-bond donors (Lipinski definition) is 2. The number of benzene rings is 1. The van der Waals surface area contributed by atoms with Gasteiger partial charge in [-0.05, 0) is 31.0 Å². The molecule has 11 nitrogen and oxygen atoms in total. The molecule has 1 amide bonds. The summed E-state index contributed by atoms with van der Waals surface area (Å²) in [7, 11) is 1.64. The van der Waals surface area contributed by atoms with Gasteiger partial charge in [0.15, 0.2) is 0 Å². The molecule has 0 unspecified atom stereocenters. The first-order valence-corrected chi connectivity index (χ1v) is 13.3. The van der Waals surface area contributed by atoms with Crippen LogP contribution >= 0.6 is 0 Å². The molecule has 1 rings (SSSR count). The van der Waals surface area contributed by atoms with Crippen LogP contribution in [0.2, 0.25) is 0 Å². The minimum absolute atomic E-state index is 0.0560. The summed E-state index contributed by atoms with van der Waals surface area (Å²) < 4.78 is 42.8. The average Bonchev–Trinajstić information content (AvgIpc) is 2.90. The Balaban J connectivity index is 1.78. The van der Waals surface area contributed by atoms with Gasteiger partial charge in [-0.3, -0.25) is 4.79 Å². The summed E-state index contributed by atoms with van der Waals surface area (Å²) in [5.74, 6) is -0.119. The fourth-order valence-electron chi connectivity index (χ4n) is 3.11. The van der Waals surface area contributed by atoms with E-state index in [0.717, 1.165) is 12.0 Å². The third kappa shape index (κ3) is 21.3. The summed E-state index contributed by atoms with van der Waals surface area (Å²) in [5.41, 5.74) is 7.51. The maximum absolute atomic E-state index is 12.2. The topological polar surface area (TPSA) is 129 Å². The van der Waals surface area contributed by atoms with E-state index in [4.69, 9.17) is 43.6 Å². The summed E-state index contributed by atoms with van der Waals surface area (Å²) in [6.45, 7) is 10.1. The Morgan fingerprint density at radius 1 is 0.711 bits per heavy atom. The molecule has 0 fully saturated rings. The van der Waals surface area contributed by atoms with E-state index in [2.05, 4.69) is 5.32 Å². The number of amides is 1. The summed E-state index contributed by atoms with van der Waals surface area (Å²) in [6.07, 6.45) is 0.740. The van der Waals surface area contributed by atoms with E-state index in [1.54, 1.807) is 13.2 Å². The minimum Gasteiger partial charge on any atom is -0.382 e. The van der Waals surface area contributed by atoms with Gasteiger partial charge < -0.3 is 48.9 Å². The molecule has 0 aromatic heterocycles. The molecule has 1 atom stereocenters. The highest BCUT2D eigenvalue weighted by Crippen LogP contribution is 2.07. The third-order valence-corrected chi connectivity index (χ3v) is 4.94. The molecule has 1 aromatic carbocycles. The smallest absolute Gasteiger partial charge is 0.251 e. The lowest BCUT2D eigenvalue weighted by Crippen LogP contribution is -2.28. The molecule has 11 heteroatoms. The highest BCUT2D eigenvalue weighted by Gasteiger charge is 2.06. The van der Waals surface area contributed by atoms with Gasteiger partial charge in [-0.1, -0.05) is 12.1 Å². The normalized spacial score (nSPS) is 12.1. The number of carbonyl (C=O) groups is 1. The number of ether oxygens (including phenoxy) is 8. The van der Waals surface area contributed by atoms with Crippen LogP contribution in [0.3, 0.4) is 0 Å². The van der Waals surface area contributed by atoms with E-state index in [9.17, 15) is 4.79 Å². The van der Waals surface area contributed by atoms with Crippen molar-refractivity contribution in [2.24, 2.45) is 5.73 Å². The number of methoxy groups -OCH3 is 1. The molecule has 0 aliphatic carbocycles. The van der Waals surface area contributed by atoms with Crippen LogP contribution < -0.4 is 11.1 Å². The molecule has 0 saturated heterocycles. The van der Waals surface area contributed by atoms with Crippen molar-refractivity contribution in [3.05, 3.63) is 35.4 Å². The number of carbonyl (C=O) groups excluding carboxylic acids is 1. The van der Waals surface area contributed by atoms with Crippen LogP contribution in [-0.4, -0.2) is 125 Å². The van der Waals surface area contributed by atoms with Crippen LogP contribution in [0, 0.1) is 0 Å². The molecule has 1 aromatic rings. The van der Waals surface area contributed by atoms with E-state index in [1.165, 1.54) is 0 Å². The van der Waals surface area contributed by atoms with E-state index in [0.29, 0.717) is 111 Å². The zero-order valence-corrected chi connectivity index (χ0v) is 23.2. The van der Waals surface area contributed by atoms with Gasteiger partial charge in [-0.25, -0.2) is 0 Å². The zero-order chi connectivity index (χ0) is 27.5. The molecule has 0 radical (unpaired) electrons. The molecule has 38 heavy (non-hydrogen) atoms. The van der Waals surface area contributed by atoms with Gasteiger partial charge in [-0.15, -0.1) is 0 Å². The summed E-state index contributed by atoms with van der Waals surface area (Å²) in [6, 6.07) is 7.57. The van der Waals surface area contributed by atoms with Gasteiger partial charge in [0.05, 0.1) is 99.1 Å². The molecule has 0 bridgehead atoms. The van der Waals surface area contributed by atoms with Crippen LogP contribution in [0.4, 0.5) is 0 Å². The van der Waals surface area contributed by atoms with Crippen molar-refractivity contribution in [2.75, 3.05) is 113 Å². The van der Waals surface area contributed by atoms with Crippen molar-refractivity contribution in [1.29, 1.82) is 0 Å². The van der Waals surface area contributed by atoms with Gasteiger partial charge in [0.25, 0.3) is 5.91 Å². The van der Waals surface area contributed by atoms with Crippen LogP contribution in [-0.2, 0) is 44.3 Å². The molecule has 0 spiro atoms. The molecular weight excluding hydrogens is 496 g/mol. The number of nitrogens with one attached hydrogen (secondary N) is 1. The largest absolute Gasteiger partial charge is 0.382 e. The first kappa shape index (κ1) is 34.4. The Bertz CT molecular complexity index is 680. The zero-order valence-electron chi connectivity index (χ0n) is 23.2. The molecular formula is C27H48N2O9. The van der Waals surface area contributed by atoms with Gasteiger partial charge >= 0.3 is 0 Å². The summed E-state index contributed by atoms with van der Waals surface area (Å²) in [5, 5.41) is 2.85. The lowest BCUT2D eigenvalue weighted by Gasteiger charge is -2.09. The van der Waals surface area contributed by atoms with Crippen LogP contribution in [0.5, 0.6) is 0 Å². The molecule has 0 aliphatic rings. The third-order valence-electron chi connectivity index (χ3n) is 4.94. The van der Waals surface area contributed by atoms with Crippen molar-refractivity contribution >= 4 is 5.91 Å². The van der Waals surface area contributed by atoms with Crippen molar-refractivity contribution in [2.45, 2.75) is 19.4 Å². The van der Waals surface area contributed by atoms with Crippen LogP contribution in [0.1, 0.15) is 22.8 Å². The maximum atomic E-state index is 12.2. The van der Waals surface area contributed by atoms with E-state index in [-0.39, 0.29) is 11.9 Å². The Hall–Kier alpha value is -1.67. The van der Waals surface area contributed by atoms with E-state index < -0.39 is 0 Å². The first-order chi connectivity index (χ1) is 18.6. The predicted molar refractivity (Wildman–Crippen MR) is 144 cm³/mol. The number of nitrogens with two attached hydrogens (primary N) is 1. The second-order valence-corrected chi connectivity index (χ2v) is 8.42. The lowest BCUT2D eigenvalue weighted by molar-refractivity contribution is -0.0220. The van der Waals surface area contributed by atoms with E-state index in [1.807, 2.05) is 25.1 Å². The molecule has 0 aliphatic heterocycles. The Morgan fingerprint density at radius 3 is 1.55 bits per heavy atom. The fourth-order valence-corrected chi connectivity index (χ4v) is 3.11. The van der Waals surface area contributed by atoms with Crippen molar-refractivity contribution in [3.63, 3.8) is 0 Å². The van der Waals surface area contributed by atoms with Crippen molar-refractivity contribution in [3.8, 4) is 0 Å². The van der Waals surface area contributed by atoms with Gasteiger partial charge in [0.1, 0.15) is 0 Å². The van der Waals surface area contributed by atoms with Gasteiger partial charge in [0, 0.05) is 25.3 Å². The fraction of sp³-hybridized carbons (Fsp3) is 0.741. The quantitative estimate of drug-likeness (QED) is 0.155. The second kappa shape index (κ2) is 25.6. The van der Waals surface area contributed by atoms with Gasteiger partial charge in [-0.2, -0.15) is 0 Å². The Morgan fingerprint density at radius 2 is 1.13 bits per heavy atom. The first-order valence-electron chi connectivity index (χ1n) is 13.3. The van der Waals surface area contributed by atoms with Crippen molar-refractivity contribution in [1.82, 2.24) is 5.32 Å². The number of rotatable bonds is 27. The Labute approximate surface area is 227 Å². The monoisotopic (exact) mass is 544 g/mol. The molecule has 0 heterocycles. The SMILES string of the molecule is COCCOCCOCCOCCOCCOCCOCCOCCNC(=O)c1cccc(C[C@H](C)N)c1. The summed E-state index contributed by atoms with van der Waals surface area (Å²) >= 11 is 0. The molecule has 3 N–H and O–H groups in total. The highest BCUT2D eigenvalue weighted by atomic mass is 16.6. The maximum Gasteiger partial charge on any atom is 0.251 e. The second-order valence-electron chi connectivity index (χ2n) is 8.42. The number of hydrogen-bond acceptors (Lipinski definition) is 10. The predicted octanol–water partition coefficient (Wildman–Crippen LogP) is 1.07. The molecule has 220 valence electrons. The highest BCUT2D eigenvalue weighted by molar-refractivity contribution is 5.94. The summed E-state index contributed by atoms with van der Waals surface area (Å²) in [4.78, 5) is 12.2. The Kier molecular flexibility index (Phi) is 23.1. The lowest BCUT2D eigenvalue weighted by atomic mass is 10.0. The van der Waals surface area contributed by atoms with Crippen LogP contribution in [0.25, 0.3) is 0 Å². The van der Waals surface area contributed by atoms with Gasteiger partial charge in [0.2, 0.25) is 0 Å². The molecule has 0 saturated carbocycles. The standard InChI is InChI=1S/C27H48N2O9/c1-24(28)22-25-4-3-5-26(23-25)27(30)29-6-7-32-10-11-34-14-15-36-18-19-38-21-20-37-17-16-35-13-12-33-9-8-31-2/h3-5,23-24H,6-22,28H2,1-2H3,(H,29,30)/t24-/m0/s1. The minimum atomic E-state index is -0.119. The van der Waals surface area contributed by atoms with Crippen molar-refractivity contribution < 1.29 is 42.7 Å². The van der Waals surface area contributed by atoms with Crippen LogP contribution in [0.15, 0.2) is 24.3 Å².